The van der Waals surface area contributed by atoms with E-state index in [1.807, 2.05) is 12.1 Å². The van der Waals surface area contributed by atoms with Gasteiger partial charge in [-0.1, -0.05) is 28.9 Å². The molecule has 0 atom stereocenters. The summed E-state index contributed by atoms with van der Waals surface area (Å²) in [5, 5.41) is 4.33. The summed E-state index contributed by atoms with van der Waals surface area (Å²) < 4.78 is 9.72. The number of rotatable bonds is 5. The Labute approximate surface area is 109 Å². The zero-order chi connectivity index (χ0) is 13.0. The Bertz CT molecular complexity index is 554. The van der Waals surface area contributed by atoms with Crippen LogP contribution in [0, 0.1) is 0 Å². The number of ketones is 1. The van der Waals surface area contributed by atoms with Crippen molar-refractivity contribution >= 4 is 17.4 Å². The summed E-state index contributed by atoms with van der Waals surface area (Å²) in [7, 11) is 1.46. The third-order valence-corrected chi connectivity index (χ3v) is 2.57. The number of methoxy groups -OCH3 is 1. The van der Waals surface area contributed by atoms with E-state index in [-0.39, 0.29) is 24.7 Å². The van der Waals surface area contributed by atoms with Crippen molar-refractivity contribution < 1.29 is 14.1 Å². The van der Waals surface area contributed by atoms with E-state index in [1.54, 1.807) is 12.1 Å². The highest BCUT2D eigenvalue weighted by Crippen LogP contribution is 2.24. The second-order valence-corrected chi connectivity index (χ2v) is 4.05. The molecule has 1 aromatic heterocycles. The minimum Gasteiger partial charge on any atom is -0.377 e. The number of halogens is 1. The maximum Gasteiger partial charge on any atom is 0.234 e. The Morgan fingerprint density at radius 2 is 2.22 bits per heavy atom. The highest BCUT2D eigenvalue weighted by molar-refractivity contribution is 6.33. The summed E-state index contributed by atoms with van der Waals surface area (Å²) in [4.78, 5) is 15.5. The van der Waals surface area contributed by atoms with E-state index in [2.05, 4.69) is 10.1 Å². The van der Waals surface area contributed by atoms with Crippen LogP contribution in [0.1, 0.15) is 5.89 Å². The van der Waals surface area contributed by atoms with E-state index in [9.17, 15) is 4.79 Å². The molecule has 0 radical (unpaired) electrons. The maximum absolute atomic E-state index is 11.3. The predicted molar refractivity (Wildman–Crippen MR) is 65.3 cm³/mol. The van der Waals surface area contributed by atoms with E-state index < -0.39 is 0 Å². The molecule has 0 bridgehead atoms. The minimum atomic E-state index is -0.119. The smallest absolute Gasteiger partial charge is 0.234 e. The molecule has 1 aromatic carbocycles. The fourth-order valence-electron chi connectivity index (χ4n) is 1.46. The van der Waals surface area contributed by atoms with Gasteiger partial charge in [0.25, 0.3) is 0 Å². The summed E-state index contributed by atoms with van der Waals surface area (Å²) in [5.41, 5.74) is 0.674. The lowest BCUT2D eigenvalue weighted by atomic mass is 10.2. The van der Waals surface area contributed by atoms with E-state index in [0.717, 1.165) is 0 Å². The predicted octanol–water partition coefficient (Wildman–Crippen LogP) is 2.15. The SMILES string of the molecule is COCC(=O)Cc1nc(-c2ccccc2Cl)no1. The zero-order valence-corrected chi connectivity index (χ0v) is 10.5. The summed E-state index contributed by atoms with van der Waals surface area (Å²) in [6.45, 7) is 0.0316. The van der Waals surface area contributed by atoms with E-state index in [4.69, 9.17) is 20.9 Å². The first kappa shape index (κ1) is 12.7. The van der Waals surface area contributed by atoms with Gasteiger partial charge in [-0.3, -0.25) is 4.79 Å². The molecule has 6 heteroatoms. The highest BCUT2D eigenvalue weighted by atomic mass is 35.5. The molecular weight excluding hydrogens is 256 g/mol. The molecule has 0 aliphatic carbocycles. The Kier molecular flexibility index (Phi) is 4.07. The van der Waals surface area contributed by atoms with E-state index >= 15 is 0 Å². The lowest BCUT2D eigenvalue weighted by Gasteiger charge is -1.96. The van der Waals surface area contributed by atoms with Crippen LogP contribution in [0.5, 0.6) is 0 Å². The average Bonchev–Trinajstić information content (AvgIpc) is 2.78. The van der Waals surface area contributed by atoms with Crippen LogP contribution in [0.3, 0.4) is 0 Å². The van der Waals surface area contributed by atoms with Gasteiger partial charge in [0, 0.05) is 12.7 Å². The fourth-order valence-corrected chi connectivity index (χ4v) is 1.68. The van der Waals surface area contributed by atoms with E-state index in [0.29, 0.717) is 16.4 Å². The number of Topliss-reactive ketones (excluding diaryl/α,β-unsaturated/α-hetero) is 1. The first-order valence-corrected chi connectivity index (χ1v) is 5.66. The number of hydrogen-bond acceptors (Lipinski definition) is 5. The number of benzene rings is 1. The Balaban J connectivity index is 2.16. The standard InChI is InChI=1S/C12H11ClN2O3/c1-17-7-8(16)6-11-14-12(15-18-11)9-4-2-3-5-10(9)13/h2-5H,6-7H2,1H3. The normalized spacial score (nSPS) is 10.6. The van der Waals surface area contributed by atoms with Crippen molar-refractivity contribution in [3.05, 3.63) is 35.2 Å². The largest absolute Gasteiger partial charge is 0.377 e. The Morgan fingerprint density at radius 3 is 2.94 bits per heavy atom. The van der Waals surface area contributed by atoms with Crippen molar-refractivity contribution in [2.75, 3.05) is 13.7 Å². The summed E-state index contributed by atoms with van der Waals surface area (Å²) in [6, 6.07) is 7.17. The monoisotopic (exact) mass is 266 g/mol. The van der Waals surface area contributed by atoms with Crippen molar-refractivity contribution in [3.63, 3.8) is 0 Å². The molecule has 0 amide bonds. The summed E-state index contributed by atoms with van der Waals surface area (Å²) in [6.07, 6.45) is 0.0608. The molecular formula is C12H11ClN2O3. The first-order chi connectivity index (χ1) is 8.70. The molecule has 0 fully saturated rings. The topological polar surface area (TPSA) is 65.2 Å². The molecule has 0 unspecified atom stereocenters. The van der Waals surface area contributed by atoms with Crippen LogP contribution in [0.4, 0.5) is 0 Å². The zero-order valence-electron chi connectivity index (χ0n) is 9.72. The van der Waals surface area contributed by atoms with Crippen LogP contribution < -0.4 is 0 Å². The number of nitrogens with zero attached hydrogens (tertiary/aromatic N) is 2. The third kappa shape index (κ3) is 2.94. The first-order valence-electron chi connectivity index (χ1n) is 5.29. The lowest BCUT2D eigenvalue weighted by molar-refractivity contribution is -0.122. The summed E-state index contributed by atoms with van der Waals surface area (Å²) >= 11 is 6.01. The van der Waals surface area contributed by atoms with Crippen LogP contribution in [-0.4, -0.2) is 29.6 Å². The molecule has 0 saturated carbocycles. The number of carbonyl (C=O) groups is 1. The number of carbonyl (C=O) groups excluding carboxylic acids is 1. The second kappa shape index (κ2) is 5.75. The molecule has 94 valence electrons. The lowest BCUT2D eigenvalue weighted by Crippen LogP contribution is -2.09. The van der Waals surface area contributed by atoms with Crippen LogP contribution in [0.2, 0.25) is 5.02 Å². The maximum atomic E-state index is 11.3. The molecule has 0 aliphatic heterocycles. The van der Waals surface area contributed by atoms with Gasteiger partial charge in [0.05, 0.1) is 11.4 Å². The number of ether oxygens (including phenoxy) is 1. The van der Waals surface area contributed by atoms with Gasteiger partial charge in [-0.05, 0) is 12.1 Å². The van der Waals surface area contributed by atoms with Crippen molar-refractivity contribution in [2.24, 2.45) is 0 Å². The fraction of sp³-hybridized carbons (Fsp3) is 0.250. The van der Waals surface area contributed by atoms with Gasteiger partial charge in [-0.15, -0.1) is 0 Å². The van der Waals surface area contributed by atoms with E-state index in [1.165, 1.54) is 7.11 Å². The van der Waals surface area contributed by atoms with Gasteiger partial charge in [0.1, 0.15) is 6.61 Å². The van der Waals surface area contributed by atoms with Crippen LogP contribution in [0.25, 0.3) is 11.4 Å². The van der Waals surface area contributed by atoms with Gasteiger partial charge in [0.2, 0.25) is 11.7 Å². The van der Waals surface area contributed by atoms with Crippen molar-refractivity contribution in [2.45, 2.75) is 6.42 Å². The van der Waals surface area contributed by atoms with Crippen molar-refractivity contribution in [3.8, 4) is 11.4 Å². The van der Waals surface area contributed by atoms with Crippen molar-refractivity contribution in [1.82, 2.24) is 10.1 Å². The van der Waals surface area contributed by atoms with Gasteiger partial charge >= 0.3 is 0 Å². The molecule has 2 aromatic rings. The third-order valence-electron chi connectivity index (χ3n) is 2.24. The quantitative estimate of drug-likeness (QED) is 0.830. The van der Waals surface area contributed by atoms with Gasteiger partial charge < -0.3 is 9.26 Å². The average molecular weight is 267 g/mol. The molecule has 0 N–H and O–H groups in total. The van der Waals surface area contributed by atoms with Gasteiger partial charge in [-0.2, -0.15) is 4.98 Å². The minimum absolute atomic E-state index is 0.0316. The van der Waals surface area contributed by atoms with Gasteiger partial charge in [-0.25, -0.2) is 0 Å². The Hall–Kier alpha value is -1.72. The van der Waals surface area contributed by atoms with Crippen LogP contribution in [-0.2, 0) is 16.0 Å². The molecule has 0 spiro atoms. The van der Waals surface area contributed by atoms with Crippen LogP contribution in [0.15, 0.2) is 28.8 Å². The summed E-state index contributed by atoms with van der Waals surface area (Å²) in [5.74, 6) is 0.514. The highest BCUT2D eigenvalue weighted by Gasteiger charge is 2.13. The molecule has 0 saturated heterocycles. The van der Waals surface area contributed by atoms with Crippen molar-refractivity contribution in [1.29, 1.82) is 0 Å². The molecule has 2 rings (SSSR count). The van der Waals surface area contributed by atoms with Crippen LogP contribution >= 0.6 is 11.6 Å². The van der Waals surface area contributed by atoms with Gasteiger partial charge in [0.15, 0.2) is 5.78 Å². The molecule has 0 aliphatic rings. The number of hydrogen-bond donors (Lipinski definition) is 0. The Morgan fingerprint density at radius 1 is 1.44 bits per heavy atom. The number of aromatic nitrogens is 2. The molecule has 18 heavy (non-hydrogen) atoms. The molecule has 1 heterocycles. The molecule has 5 nitrogen and oxygen atoms in total. The second-order valence-electron chi connectivity index (χ2n) is 3.64.